The molecule has 5 rings (SSSR count). The first-order chi connectivity index (χ1) is 20.2. The van der Waals surface area contributed by atoms with Crippen molar-refractivity contribution >= 4 is 17.7 Å². The third-order valence-corrected chi connectivity index (χ3v) is 8.66. The molecule has 3 aromatic rings. The van der Waals surface area contributed by atoms with E-state index in [1.54, 1.807) is 0 Å². The van der Waals surface area contributed by atoms with Crippen LogP contribution in [0.3, 0.4) is 0 Å². The Morgan fingerprint density at radius 3 is 2.21 bits per heavy atom. The summed E-state index contributed by atoms with van der Waals surface area (Å²) in [5, 5.41) is 11.8. The number of amides is 1. The SMILES string of the molecule is CC(C)(C)C(CN1C[C@H]2CC(OC(=O)Nc3ccccc3-c3ccccc3)C[C@H]2C1)c1ccc(OCCC(=O)O)cc1. The average molecular weight is 571 g/mol. The highest BCUT2D eigenvalue weighted by Gasteiger charge is 2.43. The molecule has 3 aromatic carbocycles. The van der Waals surface area contributed by atoms with Gasteiger partial charge in [-0.05, 0) is 59.4 Å². The topological polar surface area (TPSA) is 88.1 Å². The number of fused-ring (bicyclic) bond motifs is 1. The smallest absolute Gasteiger partial charge is 0.411 e. The second-order valence-electron chi connectivity index (χ2n) is 12.8. The zero-order valence-electron chi connectivity index (χ0n) is 24.8. The predicted octanol–water partition coefficient (Wildman–Crippen LogP) is 7.30. The van der Waals surface area contributed by atoms with Gasteiger partial charge >= 0.3 is 12.1 Å². The number of aliphatic carboxylic acids is 1. The number of rotatable bonds is 10. The molecule has 0 aromatic heterocycles. The summed E-state index contributed by atoms with van der Waals surface area (Å²) >= 11 is 0. The molecule has 7 nitrogen and oxygen atoms in total. The van der Waals surface area contributed by atoms with Crippen LogP contribution in [0.5, 0.6) is 5.75 Å². The maximum atomic E-state index is 12.9. The molecule has 1 saturated carbocycles. The van der Waals surface area contributed by atoms with E-state index in [1.807, 2.05) is 66.7 Å². The molecular formula is C35H42N2O5. The number of carbonyl (C=O) groups excluding carboxylic acids is 1. The molecule has 42 heavy (non-hydrogen) atoms. The van der Waals surface area contributed by atoms with E-state index in [-0.39, 0.29) is 30.6 Å². The van der Waals surface area contributed by atoms with Crippen molar-refractivity contribution in [3.05, 3.63) is 84.4 Å². The van der Waals surface area contributed by atoms with Crippen molar-refractivity contribution in [2.45, 2.75) is 52.1 Å². The van der Waals surface area contributed by atoms with E-state index in [1.165, 1.54) is 5.56 Å². The lowest BCUT2D eigenvalue weighted by atomic mass is 9.76. The molecule has 7 heteroatoms. The van der Waals surface area contributed by atoms with E-state index in [2.05, 4.69) is 43.1 Å². The minimum Gasteiger partial charge on any atom is -0.493 e. The van der Waals surface area contributed by atoms with Crippen molar-refractivity contribution in [3.63, 3.8) is 0 Å². The first-order valence-corrected chi connectivity index (χ1v) is 14.9. The van der Waals surface area contributed by atoms with E-state index >= 15 is 0 Å². The van der Waals surface area contributed by atoms with Gasteiger partial charge in [-0.2, -0.15) is 0 Å². The fourth-order valence-corrected chi connectivity index (χ4v) is 6.53. The summed E-state index contributed by atoms with van der Waals surface area (Å²) in [6.07, 6.45) is 1.35. The zero-order chi connectivity index (χ0) is 29.7. The molecule has 1 aliphatic heterocycles. The van der Waals surface area contributed by atoms with Crippen LogP contribution >= 0.6 is 0 Å². The molecule has 2 N–H and O–H groups in total. The van der Waals surface area contributed by atoms with Crippen LogP contribution in [0.25, 0.3) is 11.1 Å². The number of anilines is 1. The molecule has 1 aliphatic carbocycles. The number of likely N-dealkylation sites (tertiary alicyclic amines) is 1. The minimum absolute atomic E-state index is 0.0115. The lowest BCUT2D eigenvalue weighted by Crippen LogP contribution is -2.34. The third kappa shape index (κ3) is 7.51. The van der Waals surface area contributed by atoms with Gasteiger partial charge in [0.2, 0.25) is 0 Å². The van der Waals surface area contributed by atoms with Gasteiger partial charge in [-0.25, -0.2) is 4.79 Å². The minimum atomic E-state index is -0.861. The Bertz CT molecular complexity index is 1340. The lowest BCUT2D eigenvalue weighted by molar-refractivity contribution is -0.137. The summed E-state index contributed by atoms with van der Waals surface area (Å²) in [7, 11) is 0. The molecule has 0 bridgehead atoms. The standard InChI is InChI=1S/C35H42N2O5/c1-35(2,3)31(25-13-15-28(16-14-25)41-18-17-33(38)39)23-37-21-26-19-29(20-27(26)22-37)42-34(40)36-32-12-8-7-11-30(32)24-9-5-4-6-10-24/h4-16,26-27,29,31H,17-23H2,1-3H3,(H,36,40)(H,38,39)/t26-,27+,29?,31?. The molecule has 1 saturated heterocycles. The van der Waals surface area contributed by atoms with Gasteiger partial charge in [-0.15, -0.1) is 0 Å². The van der Waals surface area contributed by atoms with Crippen molar-refractivity contribution in [3.8, 4) is 16.9 Å². The number of benzene rings is 3. The Balaban J connectivity index is 1.13. The van der Waals surface area contributed by atoms with E-state index in [4.69, 9.17) is 14.6 Å². The number of hydrogen-bond acceptors (Lipinski definition) is 5. The Morgan fingerprint density at radius 1 is 0.929 bits per heavy atom. The average Bonchev–Trinajstić information content (AvgIpc) is 3.50. The molecule has 1 amide bonds. The van der Waals surface area contributed by atoms with E-state index in [0.717, 1.165) is 49.3 Å². The van der Waals surface area contributed by atoms with Crippen molar-refractivity contribution in [1.82, 2.24) is 4.90 Å². The molecule has 2 fully saturated rings. The summed E-state index contributed by atoms with van der Waals surface area (Å²) in [5.74, 6) is 1.24. The highest BCUT2D eigenvalue weighted by Crippen LogP contribution is 2.43. The number of carboxylic acid groups (broad SMARTS) is 1. The predicted molar refractivity (Wildman–Crippen MR) is 165 cm³/mol. The molecule has 2 aliphatic rings. The van der Waals surface area contributed by atoms with Crippen LogP contribution in [-0.4, -0.2) is 54.4 Å². The molecule has 2 unspecified atom stereocenters. The molecule has 222 valence electrons. The maximum Gasteiger partial charge on any atom is 0.411 e. The lowest BCUT2D eigenvalue weighted by Gasteiger charge is -2.35. The number of nitrogens with zero attached hydrogens (tertiary/aromatic N) is 1. The van der Waals surface area contributed by atoms with Crippen molar-refractivity contribution in [1.29, 1.82) is 0 Å². The van der Waals surface area contributed by atoms with Gasteiger partial charge in [-0.3, -0.25) is 10.1 Å². The first-order valence-electron chi connectivity index (χ1n) is 14.9. The summed E-state index contributed by atoms with van der Waals surface area (Å²) in [6, 6.07) is 26.0. The van der Waals surface area contributed by atoms with Gasteiger partial charge in [0.1, 0.15) is 11.9 Å². The van der Waals surface area contributed by atoms with Crippen molar-refractivity contribution < 1.29 is 24.2 Å². The Kier molecular flexibility index (Phi) is 9.17. The number of ether oxygens (including phenoxy) is 2. The molecule has 4 atom stereocenters. The van der Waals surface area contributed by atoms with E-state index < -0.39 is 5.97 Å². The summed E-state index contributed by atoms with van der Waals surface area (Å²) < 4.78 is 11.5. The number of para-hydroxylation sites is 1. The largest absolute Gasteiger partial charge is 0.493 e. The first kappa shape index (κ1) is 29.6. The second kappa shape index (κ2) is 13.0. The van der Waals surface area contributed by atoms with Gasteiger partial charge in [0, 0.05) is 31.1 Å². The van der Waals surface area contributed by atoms with E-state index in [0.29, 0.717) is 23.5 Å². The van der Waals surface area contributed by atoms with Gasteiger partial charge in [0.25, 0.3) is 0 Å². The number of carbonyl (C=O) groups is 2. The normalized spacial score (nSPS) is 21.0. The third-order valence-electron chi connectivity index (χ3n) is 8.66. The van der Waals surface area contributed by atoms with Crippen LogP contribution in [0.15, 0.2) is 78.9 Å². The van der Waals surface area contributed by atoms with Gasteiger partial charge < -0.3 is 19.5 Å². The number of carboxylic acids is 1. The Morgan fingerprint density at radius 2 is 1.57 bits per heavy atom. The monoisotopic (exact) mass is 570 g/mol. The summed E-state index contributed by atoms with van der Waals surface area (Å²) in [4.78, 5) is 26.2. The quantitative estimate of drug-likeness (QED) is 0.266. The van der Waals surface area contributed by atoms with Gasteiger partial charge in [-0.1, -0.05) is 81.4 Å². The molecule has 0 spiro atoms. The maximum absolute atomic E-state index is 12.9. The zero-order valence-corrected chi connectivity index (χ0v) is 24.8. The van der Waals surface area contributed by atoms with Crippen molar-refractivity contribution in [2.75, 3.05) is 31.6 Å². The molecular weight excluding hydrogens is 528 g/mol. The van der Waals surface area contributed by atoms with Crippen LogP contribution in [0.1, 0.15) is 51.5 Å². The van der Waals surface area contributed by atoms with E-state index in [9.17, 15) is 9.59 Å². The van der Waals surface area contributed by atoms with Crippen LogP contribution in [-0.2, 0) is 9.53 Å². The fourth-order valence-electron chi connectivity index (χ4n) is 6.53. The van der Waals surface area contributed by atoms with Crippen LogP contribution in [0.2, 0.25) is 0 Å². The van der Waals surface area contributed by atoms with Gasteiger partial charge in [0.15, 0.2) is 0 Å². The molecule has 0 radical (unpaired) electrons. The highest BCUT2D eigenvalue weighted by molar-refractivity contribution is 5.91. The summed E-state index contributed by atoms with van der Waals surface area (Å²) in [5.41, 5.74) is 4.12. The Hall–Kier alpha value is -3.84. The van der Waals surface area contributed by atoms with Crippen LogP contribution < -0.4 is 10.1 Å². The van der Waals surface area contributed by atoms with Crippen molar-refractivity contribution in [2.24, 2.45) is 17.3 Å². The second-order valence-corrected chi connectivity index (χ2v) is 12.8. The van der Waals surface area contributed by atoms with Crippen LogP contribution in [0.4, 0.5) is 10.5 Å². The fraction of sp³-hybridized carbons (Fsp3) is 0.429. The Labute approximate surface area is 248 Å². The molecule has 1 heterocycles. The van der Waals surface area contributed by atoms with Gasteiger partial charge in [0.05, 0.1) is 18.7 Å². The number of hydrogen-bond donors (Lipinski definition) is 2. The van der Waals surface area contributed by atoms with Crippen LogP contribution in [0, 0.1) is 17.3 Å². The highest BCUT2D eigenvalue weighted by atomic mass is 16.6. The summed E-state index contributed by atoms with van der Waals surface area (Å²) in [6.45, 7) is 10.0. The number of nitrogens with one attached hydrogen (secondary N) is 1.